The molecule has 4 heteroatoms. The lowest BCUT2D eigenvalue weighted by Crippen LogP contribution is -2.34. The van der Waals surface area contributed by atoms with E-state index in [1.807, 2.05) is 42.4 Å². The van der Waals surface area contributed by atoms with E-state index in [4.69, 9.17) is 4.98 Å². The van der Waals surface area contributed by atoms with Crippen LogP contribution in [0.15, 0.2) is 41.7 Å². The highest BCUT2D eigenvalue weighted by Crippen LogP contribution is 2.57. The zero-order valence-corrected chi connectivity index (χ0v) is 15.8. The average Bonchev–Trinajstić information content (AvgIpc) is 3.49. The maximum absolute atomic E-state index is 13.4. The molecule has 1 aromatic heterocycles. The van der Waals surface area contributed by atoms with E-state index in [-0.39, 0.29) is 11.3 Å². The first-order valence-corrected chi connectivity index (χ1v) is 10.8. The van der Waals surface area contributed by atoms with Gasteiger partial charge in [-0.2, -0.15) is 0 Å². The van der Waals surface area contributed by atoms with E-state index in [0.717, 1.165) is 59.2 Å². The van der Waals surface area contributed by atoms with Crippen LogP contribution in [0.1, 0.15) is 72.5 Å². The molecule has 0 aliphatic heterocycles. The van der Waals surface area contributed by atoms with Crippen molar-refractivity contribution in [2.75, 3.05) is 5.75 Å². The van der Waals surface area contributed by atoms with Crippen LogP contribution in [0.4, 0.5) is 0 Å². The Bertz CT molecular complexity index is 822. The predicted octanol–water partition coefficient (Wildman–Crippen LogP) is 5.26. The van der Waals surface area contributed by atoms with Gasteiger partial charge >= 0.3 is 0 Å². The second-order valence-corrected chi connectivity index (χ2v) is 9.14. The lowest BCUT2D eigenvalue weighted by atomic mass is 9.65. The molecule has 1 spiro atoms. The van der Waals surface area contributed by atoms with Crippen molar-refractivity contribution >= 4 is 17.5 Å². The topological polar surface area (TPSA) is 42.9 Å². The van der Waals surface area contributed by atoms with Crippen LogP contribution in [0.25, 0.3) is 0 Å². The minimum atomic E-state index is -0.292. The molecular formula is C22H24N2OS. The number of rotatable bonds is 4. The molecule has 1 aromatic carbocycles. The fourth-order valence-corrected chi connectivity index (χ4v) is 5.83. The van der Waals surface area contributed by atoms with Crippen LogP contribution in [0, 0.1) is 11.3 Å². The van der Waals surface area contributed by atoms with Gasteiger partial charge in [-0.05, 0) is 37.2 Å². The van der Waals surface area contributed by atoms with E-state index >= 15 is 0 Å². The predicted molar refractivity (Wildman–Crippen MR) is 104 cm³/mol. The minimum absolute atomic E-state index is 0.0708. The molecule has 134 valence electrons. The summed E-state index contributed by atoms with van der Waals surface area (Å²) in [6.45, 7) is 0. The number of carbonyl (C=O) groups excluding carboxylic acids is 1. The van der Waals surface area contributed by atoms with Crippen LogP contribution in [0.2, 0.25) is 0 Å². The van der Waals surface area contributed by atoms with E-state index in [9.17, 15) is 4.79 Å². The van der Waals surface area contributed by atoms with Gasteiger partial charge in [-0.3, -0.25) is 9.78 Å². The molecule has 0 N–H and O–H groups in total. The van der Waals surface area contributed by atoms with Gasteiger partial charge in [0.15, 0.2) is 5.78 Å². The zero-order valence-electron chi connectivity index (χ0n) is 15.0. The lowest BCUT2D eigenvalue weighted by Gasteiger charge is -2.37. The number of hydrogen-bond acceptors (Lipinski definition) is 4. The maximum atomic E-state index is 13.4. The molecule has 0 amide bonds. The summed E-state index contributed by atoms with van der Waals surface area (Å²) < 4.78 is 0. The number of fused-ring (bicyclic) bond motifs is 1. The Hall–Kier alpha value is -1.68. The molecule has 1 atom stereocenters. The Morgan fingerprint density at radius 3 is 2.58 bits per heavy atom. The summed E-state index contributed by atoms with van der Waals surface area (Å²) in [5, 5.41) is 1.01. The van der Waals surface area contributed by atoms with Gasteiger partial charge in [0.2, 0.25) is 0 Å². The van der Waals surface area contributed by atoms with Crippen molar-refractivity contribution in [2.45, 2.75) is 55.9 Å². The van der Waals surface area contributed by atoms with E-state index in [2.05, 4.69) is 11.1 Å². The molecule has 0 saturated heterocycles. The van der Waals surface area contributed by atoms with E-state index in [1.54, 1.807) is 0 Å². The summed E-state index contributed by atoms with van der Waals surface area (Å²) in [4.78, 5) is 22.9. The number of aromatic nitrogens is 2. The van der Waals surface area contributed by atoms with Crippen molar-refractivity contribution in [1.82, 2.24) is 9.97 Å². The highest BCUT2D eigenvalue weighted by Gasteiger charge is 2.54. The van der Waals surface area contributed by atoms with Gasteiger partial charge in [-0.15, -0.1) is 11.8 Å². The summed E-state index contributed by atoms with van der Waals surface area (Å²) in [6.07, 6.45) is 12.1. The van der Waals surface area contributed by atoms with Gasteiger partial charge in [0.05, 0.1) is 18.1 Å². The Labute approximate surface area is 159 Å². The Balaban J connectivity index is 1.51. The average molecular weight is 365 g/mol. The zero-order chi connectivity index (χ0) is 17.6. The monoisotopic (exact) mass is 364 g/mol. The smallest absolute Gasteiger partial charge is 0.170 e. The Morgan fingerprint density at radius 2 is 1.85 bits per heavy atom. The maximum Gasteiger partial charge on any atom is 0.170 e. The third-order valence-electron chi connectivity index (χ3n) is 6.37. The van der Waals surface area contributed by atoms with Crippen LogP contribution in [0.5, 0.6) is 0 Å². The van der Waals surface area contributed by atoms with Gasteiger partial charge in [-0.25, -0.2) is 4.98 Å². The lowest BCUT2D eigenvalue weighted by molar-refractivity contribution is 0.0712. The van der Waals surface area contributed by atoms with Gasteiger partial charge < -0.3 is 0 Å². The quantitative estimate of drug-likeness (QED) is 0.694. The van der Waals surface area contributed by atoms with Crippen molar-refractivity contribution in [3.05, 3.63) is 53.5 Å². The summed E-state index contributed by atoms with van der Waals surface area (Å²) in [7, 11) is 0. The van der Waals surface area contributed by atoms with Gasteiger partial charge in [-0.1, -0.05) is 43.5 Å². The number of thioether (sulfide) groups is 1. The van der Waals surface area contributed by atoms with Crippen molar-refractivity contribution < 1.29 is 4.79 Å². The fourth-order valence-electron chi connectivity index (χ4n) is 4.83. The number of benzene rings is 1. The minimum Gasteiger partial charge on any atom is -0.294 e. The third kappa shape index (κ3) is 2.70. The first-order chi connectivity index (χ1) is 12.8. The molecule has 26 heavy (non-hydrogen) atoms. The Kier molecular flexibility index (Phi) is 4.11. The molecule has 2 fully saturated rings. The third-order valence-corrected chi connectivity index (χ3v) is 7.52. The van der Waals surface area contributed by atoms with E-state index in [1.165, 1.54) is 19.3 Å². The van der Waals surface area contributed by atoms with Crippen molar-refractivity contribution in [3.63, 3.8) is 0 Å². The van der Waals surface area contributed by atoms with Crippen molar-refractivity contribution in [3.8, 4) is 0 Å². The number of hydrogen-bond donors (Lipinski definition) is 0. The number of Topliss-reactive ketones (excluding diaryl/α,β-unsaturated/α-hetero) is 1. The van der Waals surface area contributed by atoms with Gasteiger partial charge in [0.25, 0.3) is 0 Å². The summed E-state index contributed by atoms with van der Waals surface area (Å²) in [5.41, 5.74) is 2.75. The molecule has 0 bridgehead atoms. The van der Waals surface area contributed by atoms with Crippen molar-refractivity contribution in [1.29, 1.82) is 0 Å². The number of nitrogens with zero attached hydrogens (tertiary/aromatic N) is 2. The second kappa shape index (κ2) is 6.49. The fraction of sp³-hybridized carbons (Fsp3) is 0.500. The molecule has 3 nitrogen and oxygen atoms in total. The van der Waals surface area contributed by atoms with Gasteiger partial charge in [0.1, 0.15) is 5.03 Å². The normalized spacial score (nSPS) is 24.0. The number of ketones is 1. The summed E-state index contributed by atoms with van der Waals surface area (Å²) >= 11 is 1.81. The van der Waals surface area contributed by atoms with Crippen LogP contribution in [-0.4, -0.2) is 21.5 Å². The molecular weight excluding hydrogens is 340 g/mol. The number of carbonyl (C=O) groups is 1. The van der Waals surface area contributed by atoms with Crippen molar-refractivity contribution in [2.24, 2.45) is 11.3 Å². The largest absolute Gasteiger partial charge is 0.294 e. The van der Waals surface area contributed by atoms with E-state index in [0.29, 0.717) is 5.78 Å². The summed E-state index contributed by atoms with van der Waals surface area (Å²) in [6, 6.07) is 8.16. The first-order valence-electron chi connectivity index (χ1n) is 9.86. The molecule has 1 unspecified atom stereocenters. The van der Waals surface area contributed by atoms with Crippen LogP contribution >= 0.6 is 11.8 Å². The van der Waals surface area contributed by atoms with E-state index < -0.39 is 0 Å². The standard InChI is InChI=1S/C22H24N2OS/c25-21-17-7-3-2-6-16(17)20(22(21)10-4-1-5-11-22)18-12-24-19(13-23-18)26-14-15-8-9-15/h2-3,6-7,12-13,15,20H,1,4-5,8-11,14H2. The summed E-state index contributed by atoms with van der Waals surface area (Å²) in [5.74, 6) is 2.45. The molecule has 5 rings (SSSR count). The molecule has 0 radical (unpaired) electrons. The molecule has 1 heterocycles. The van der Waals surface area contributed by atoms with Gasteiger partial charge in [0, 0.05) is 22.6 Å². The highest BCUT2D eigenvalue weighted by molar-refractivity contribution is 7.99. The SMILES string of the molecule is O=C1c2ccccc2C(c2cnc(SCC3CC3)cn2)C12CCCCC2. The molecule has 3 aliphatic carbocycles. The highest BCUT2D eigenvalue weighted by atomic mass is 32.2. The first kappa shape index (κ1) is 16.5. The van der Waals surface area contributed by atoms with Crippen LogP contribution < -0.4 is 0 Å². The molecule has 3 aliphatic rings. The second-order valence-electron chi connectivity index (χ2n) is 8.10. The van der Waals surface area contributed by atoms with Crippen LogP contribution in [-0.2, 0) is 0 Å². The molecule has 2 saturated carbocycles. The molecule has 2 aromatic rings. The van der Waals surface area contributed by atoms with Crippen LogP contribution in [0.3, 0.4) is 0 Å². The Morgan fingerprint density at radius 1 is 1.04 bits per heavy atom.